The van der Waals surface area contributed by atoms with Crippen molar-refractivity contribution in [1.29, 1.82) is 0 Å². The van der Waals surface area contributed by atoms with Crippen molar-refractivity contribution in [2.45, 2.75) is 38.1 Å². The lowest BCUT2D eigenvalue weighted by Gasteiger charge is -2.33. The number of nitrogens with one attached hydrogen (secondary N) is 1. The molecule has 1 aliphatic heterocycles. The van der Waals surface area contributed by atoms with Gasteiger partial charge in [-0.2, -0.15) is 5.10 Å². The number of urea groups is 1. The Morgan fingerprint density at radius 3 is 2.78 bits per heavy atom. The van der Waals surface area contributed by atoms with Gasteiger partial charge in [0.15, 0.2) is 0 Å². The maximum absolute atomic E-state index is 12.5. The molecule has 1 atom stereocenters. The van der Waals surface area contributed by atoms with Crippen LogP contribution in [0.3, 0.4) is 0 Å². The second kappa shape index (κ2) is 7.17. The fourth-order valence-corrected chi connectivity index (χ4v) is 4.13. The maximum atomic E-state index is 12.5. The molecular formula is C17H24N4OS. The first-order valence-electron chi connectivity index (χ1n) is 8.25. The van der Waals surface area contributed by atoms with E-state index in [1.807, 2.05) is 28.9 Å². The van der Waals surface area contributed by atoms with E-state index in [2.05, 4.69) is 34.9 Å². The Morgan fingerprint density at radius 2 is 2.22 bits per heavy atom. The first kappa shape index (κ1) is 16.1. The van der Waals surface area contributed by atoms with Gasteiger partial charge in [-0.25, -0.2) is 4.79 Å². The Bertz CT molecular complexity index is 629. The minimum atomic E-state index is 0.0636. The minimum absolute atomic E-state index is 0.0636. The standard InChI is InChI=1S/C17H24N4OS/c1-3-14(16-5-4-12-23-16)19-17(22)21-10-7-13(8-11-21)15-6-9-18-20(15)2/h4-6,9,12-14H,3,7-8,10-11H2,1-2H3,(H,19,22)/t14-/m1/s1. The van der Waals surface area contributed by atoms with E-state index in [4.69, 9.17) is 0 Å². The highest BCUT2D eigenvalue weighted by Gasteiger charge is 2.26. The lowest BCUT2D eigenvalue weighted by Crippen LogP contribution is -2.45. The van der Waals surface area contributed by atoms with E-state index < -0.39 is 0 Å². The summed E-state index contributed by atoms with van der Waals surface area (Å²) in [5, 5.41) is 9.49. The summed E-state index contributed by atoms with van der Waals surface area (Å²) >= 11 is 1.70. The zero-order valence-corrected chi connectivity index (χ0v) is 14.6. The van der Waals surface area contributed by atoms with Crippen LogP contribution in [0.5, 0.6) is 0 Å². The molecule has 2 aromatic heterocycles. The zero-order chi connectivity index (χ0) is 16.2. The molecule has 2 aromatic rings. The average molecular weight is 332 g/mol. The van der Waals surface area contributed by atoms with Crippen molar-refractivity contribution < 1.29 is 4.79 Å². The van der Waals surface area contributed by atoms with Crippen LogP contribution in [0.25, 0.3) is 0 Å². The van der Waals surface area contributed by atoms with E-state index in [0.717, 1.165) is 32.4 Å². The number of amides is 2. The summed E-state index contributed by atoms with van der Waals surface area (Å²) in [5.74, 6) is 0.505. The molecule has 5 nitrogen and oxygen atoms in total. The number of rotatable bonds is 4. The van der Waals surface area contributed by atoms with Crippen LogP contribution in [0.1, 0.15) is 48.7 Å². The molecule has 1 fully saturated rings. The van der Waals surface area contributed by atoms with E-state index in [1.165, 1.54) is 10.6 Å². The fraction of sp³-hybridized carbons (Fsp3) is 0.529. The zero-order valence-electron chi connectivity index (χ0n) is 13.7. The quantitative estimate of drug-likeness (QED) is 0.931. The van der Waals surface area contributed by atoms with Gasteiger partial charge in [-0.05, 0) is 36.8 Å². The predicted octanol–water partition coefficient (Wildman–Crippen LogP) is 3.52. The van der Waals surface area contributed by atoms with Crippen molar-refractivity contribution >= 4 is 17.4 Å². The molecule has 0 aliphatic carbocycles. The number of aryl methyl sites for hydroxylation is 1. The lowest BCUT2D eigenvalue weighted by atomic mass is 9.93. The Labute approximate surface area is 141 Å². The van der Waals surface area contributed by atoms with Crippen LogP contribution >= 0.6 is 11.3 Å². The topological polar surface area (TPSA) is 50.2 Å². The third-order valence-electron chi connectivity index (χ3n) is 4.65. The van der Waals surface area contributed by atoms with E-state index in [9.17, 15) is 4.79 Å². The third-order valence-corrected chi connectivity index (χ3v) is 5.64. The van der Waals surface area contributed by atoms with Gasteiger partial charge in [-0.1, -0.05) is 13.0 Å². The molecule has 0 saturated carbocycles. The van der Waals surface area contributed by atoms with Crippen molar-refractivity contribution in [3.8, 4) is 0 Å². The Morgan fingerprint density at radius 1 is 1.43 bits per heavy atom. The maximum Gasteiger partial charge on any atom is 0.317 e. The number of carbonyl (C=O) groups is 1. The summed E-state index contributed by atoms with van der Waals surface area (Å²) in [5.41, 5.74) is 1.27. The molecule has 1 aliphatic rings. The van der Waals surface area contributed by atoms with Crippen LogP contribution in [-0.4, -0.2) is 33.8 Å². The number of aromatic nitrogens is 2. The average Bonchev–Trinajstić information content (AvgIpc) is 3.24. The van der Waals surface area contributed by atoms with Gasteiger partial charge in [0.2, 0.25) is 0 Å². The molecule has 3 rings (SSSR count). The van der Waals surface area contributed by atoms with Gasteiger partial charge < -0.3 is 10.2 Å². The number of likely N-dealkylation sites (tertiary alicyclic amines) is 1. The highest BCUT2D eigenvalue weighted by Crippen LogP contribution is 2.28. The van der Waals surface area contributed by atoms with Crippen molar-refractivity contribution in [2.75, 3.05) is 13.1 Å². The van der Waals surface area contributed by atoms with Gasteiger partial charge in [0.05, 0.1) is 6.04 Å². The van der Waals surface area contributed by atoms with Crippen LogP contribution in [0.4, 0.5) is 4.79 Å². The third kappa shape index (κ3) is 3.58. The molecule has 1 saturated heterocycles. The summed E-state index contributed by atoms with van der Waals surface area (Å²) in [4.78, 5) is 15.7. The lowest BCUT2D eigenvalue weighted by molar-refractivity contribution is 0.176. The largest absolute Gasteiger partial charge is 0.330 e. The van der Waals surface area contributed by atoms with E-state index >= 15 is 0 Å². The Balaban J connectivity index is 1.55. The molecule has 124 valence electrons. The van der Waals surface area contributed by atoms with Crippen molar-refractivity contribution in [1.82, 2.24) is 20.0 Å². The second-order valence-corrected chi connectivity index (χ2v) is 7.05. The normalized spacial score (nSPS) is 17.2. The molecule has 0 bridgehead atoms. The number of carbonyl (C=O) groups excluding carboxylic acids is 1. The molecule has 23 heavy (non-hydrogen) atoms. The molecule has 0 spiro atoms. The molecule has 2 amide bonds. The summed E-state index contributed by atoms with van der Waals surface area (Å²) in [6.07, 6.45) is 4.77. The van der Waals surface area contributed by atoms with Crippen LogP contribution in [0, 0.1) is 0 Å². The molecule has 0 aromatic carbocycles. The summed E-state index contributed by atoms with van der Waals surface area (Å²) in [7, 11) is 1.99. The van der Waals surface area contributed by atoms with Crippen LogP contribution in [0.15, 0.2) is 29.8 Å². The number of thiophene rings is 1. The van der Waals surface area contributed by atoms with Gasteiger partial charge in [0, 0.05) is 42.8 Å². The number of hydrogen-bond donors (Lipinski definition) is 1. The summed E-state index contributed by atoms with van der Waals surface area (Å²) < 4.78 is 1.95. The SMILES string of the molecule is CC[C@@H](NC(=O)N1CCC(c2ccnn2C)CC1)c1cccs1. The first-order valence-corrected chi connectivity index (χ1v) is 9.13. The van der Waals surface area contributed by atoms with Gasteiger partial charge in [0.1, 0.15) is 0 Å². The van der Waals surface area contributed by atoms with E-state index in [0.29, 0.717) is 5.92 Å². The number of hydrogen-bond acceptors (Lipinski definition) is 3. The van der Waals surface area contributed by atoms with Crippen LogP contribution in [-0.2, 0) is 7.05 Å². The molecular weight excluding hydrogens is 308 g/mol. The summed E-state index contributed by atoms with van der Waals surface area (Å²) in [6, 6.07) is 6.40. The second-order valence-electron chi connectivity index (χ2n) is 6.07. The van der Waals surface area contributed by atoms with Crippen molar-refractivity contribution in [3.05, 3.63) is 40.3 Å². The van der Waals surface area contributed by atoms with Crippen molar-refractivity contribution in [3.63, 3.8) is 0 Å². The molecule has 0 unspecified atom stereocenters. The minimum Gasteiger partial charge on any atom is -0.330 e. The Hall–Kier alpha value is -1.82. The molecule has 6 heteroatoms. The van der Waals surface area contributed by atoms with Crippen molar-refractivity contribution in [2.24, 2.45) is 7.05 Å². The first-order chi connectivity index (χ1) is 11.2. The Kier molecular flexibility index (Phi) is 5.00. The van der Waals surface area contributed by atoms with Gasteiger partial charge in [0.25, 0.3) is 0 Å². The number of piperidine rings is 1. The van der Waals surface area contributed by atoms with Gasteiger partial charge >= 0.3 is 6.03 Å². The highest BCUT2D eigenvalue weighted by molar-refractivity contribution is 7.10. The predicted molar refractivity (Wildman–Crippen MR) is 92.6 cm³/mol. The smallest absolute Gasteiger partial charge is 0.317 e. The van der Waals surface area contributed by atoms with Gasteiger partial charge in [-0.3, -0.25) is 4.68 Å². The molecule has 3 heterocycles. The highest BCUT2D eigenvalue weighted by atomic mass is 32.1. The van der Waals surface area contributed by atoms with Crippen LogP contribution < -0.4 is 5.32 Å². The molecule has 1 N–H and O–H groups in total. The number of nitrogens with zero attached hydrogens (tertiary/aromatic N) is 3. The van der Waals surface area contributed by atoms with Gasteiger partial charge in [-0.15, -0.1) is 11.3 Å². The van der Waals surface area contributed by atoms with E-state index in [-0.39, 0.29) is 12.1 Å². The monoisotopic (exact) mass is 332 g/mol. The van der Waals surface area contributed by atoms with E-state index in [1.54, 1.807) is 11.3 Å². The van der Waals surface area contributed by atoms with Crippen LogP contribution in [0.2, 0.25) is 0 Å². The fourth-order valence-electron chi connectivity index (χ4n) is 3.27. The molecule has 0 radical (unpaired) electrons. The summed E-state index contributed by atoms with van der Waals surface area (Å²) in [6.45, 7) is 3.73.